The van der Waals surface area contributed by atoms with Gasteiger partial charge in [0.15, 0.2) is 0 Å². The highest BCUT2D eigenvalue weighted by atomic mass is 16.5. The van der Waals surface area contributed by atoms with Crippen molar-refractivity contribution in [2.45, 2.75) is 233 Å². The SMILES string of the molecule is CCCCCCCCCCCOC(=O)CCCCCN(CCCN)CCCCCCC(C(=O)O)C(CCCCCCCC)CCCCCCCC. The van der Waals surface area contributed by atoms with Crippen molar-refractivity contribution in [3.05, 3.63) is 0 Å². The van der Waals surface area contributed by atoms with Crippen LogP contribution in [-0.2, 0) is 14.3 Å². The molecule has 0 saturated carbocycles. The molecular weight excluding hydrogens is 633 g/mol. The predicted molar refractivity (Wildman–Crippen MR) is 220 cm³/mol. The maximum Gasteiger partial charge on any atom is 0.306 e. The molecule has 0 aliphatic carbocycles. The van der Waals surface area contributed by atoms with Gasteiger partial charge in [-0.15, -0.1) is 0 Å². The van der Waals surface area contributed by atoms with Gasteiger partial charge in [-0.05, 0) is 83.5 Å². The van der Waals surface area contributed by atoms with Gasteiger partial charge in [0.05, 0.1) is 12.5 Å². The normalized spacial score (nSPS) is 12.3. The average Bonchev–Trinajstić information content (AvgIpc) is 3.12. The molecule has 6 heteroatoms. The van der Waals surface area contributed by atoms with E-state index in [-0.39, 0.29) is 11.9 Å². The largest absolute Gasteiger partial charge is 0.481 e. The fourth-order valence-corrected chi connectivity index (χ4v) is 7.64. The number of carboxylic acids is 1. The molecule has 0 aromatic heterocycles. The fraction of sp³-hybridized carbons (Fsp3) is 0.956. The van der Waals surface area contributed by atoms with E-state index in [0.29, 0.717) is 18.9 Å². The molecule has 0 aliphatic rings. The third kappa shape index (κ3) is 34.4. The molecule has 0 heterocycles. The Labute approximate surface area is 318 Å². The lowest BCUT2D eigenvalue weighted by molar-refractivity contribution is -0.145. The molecule has 0 aromatic rings. The third-order valence-electron chi connectivity index (χ3n) is 11.0. The number of ether oxygens (including phenoxy) is 1. The van der Waals surface area contributed by atoms with Crippen molar-refractivity contribution in [3.8, 4) is 0 Å². The molecule has 0 rings (SSSR count). The highest BCUT2D eigenvalue weighted by Gasteiger charge is 2.27. The minimum Gasteiger partial charge on any atom is -0.481 e. The van der Waals surface area contributed by atoms with Crippen LogP contribution in [0.4, 0.5) is 0 Å². The number of unbranched alkanes of at least 4 members (excludes halogenated alkanes) is 23. The zero-order chi connectivity index (χ0) is 37.5. The Balaban J connectivity index is 4.32. The Hall–Kier alpha value is -1.14. The first-order valence-corrected chi connectivity index (χ1v) is 22.8. The number of esters is 1. The van der Waals surface area contributed by atoms with Gasteiger partial charge < -0.3 is 20.5 Å². The average molecular weight is 723 g/mol. The van der Waals surface area contributed by atoms with E-state index in [9.17, 15) is 14.7 Å². The number of aliphatic carboxylic acids is 1. The maximum atomic E-state index is 12.5. The summed E-state index contributed by atoms with van der Waals surface area (Å²) in [5, 5.41) is 10.3. The molecule has 304 valence electrons. The fourth-order valence-electron chi connectivity index (χ4n) is 7.64. The van der Waals surface area contributed by atoms with Crippen LogP contribution in [0, 0.1) is 11.8 Å². The van der Waals surface area contributed by atoms with E-state index in [1.807, 2.05) is 0 Å². The maximum absolute atomic E-state index is 12.5. The van der Waals surface area contributed by atoms with Gasteiger partial charge in [0, 0.05) is 6.42 Å². The summed E-state index contributed by atoms with van der Waals surface area (Å²) in [4.78, 5) is 27.2. The quantitative estimate of drug-likeness (QED) is 0.0481. The van der Waals surface area contributed by atoms with Gasteiger partial charge in [-0.2, -0.15) is 0 Å². The number of carbonyl (C=O) groups is 2. The highest BCUT2D eigenvalue weighted by molar-refractivity contribution is 5.70. The van der Waals surface area contributed by atoms with Crippen molar-refractivity contribution in [1.82, 2.24) is 4.90 Å². The van der Waals surface area contributed by atoms with Gasteiger partial charge in [-0.25, -0.2) is 0 Å². The van der Waals surface area contributed by atoms with Gasteiger partial charge in [0.2, 0.25) is 0 Å². The van der Waals surface area contributed by atoms with Gasteiger partial charge in [-0.1, -0.05) is 175 Å². The Morgan fingerprint density at radius 1 is 0.510 bits per heavy atom. The molecule has 1 atom stereocenters. The second kappa shape index (κ2) is 40.1. The molecular formula is C45H90N2O4. The second-order valence-corrected chi connectivity index (χ2v) is 15.9. The van der Waals surface area contributed by atoms with Gasteiger partial charge >= 0.3 is 11.9 Å². The van der Waals surface area contributed by atoms with E-state index < -0.39 is 5.97 Å². The lowest BCUT2D eigenvalue weighted by Gasteiger charge is -2.25. The standard InChI is InChI=1S/C45H90N2O4/c1-4-7-10-13-16-17-18-23-31-41-51-44(48)36-28-24-30-39-47(40-32-37-46)38-29-22-21-27-35-43(45(49)50)42(33-25-19-14-11-8-5-2)34-26-20-15-12-9-6-3/h42-43H,4-41,46H2,1-3H3,(H,49,50). The lowest BCUT2D eigenvalue weighted by atomic mass is 9.80. The van der Waals surface area contributed by atoms with E-state index in [1.54, 1.807) is 0 Å². The van der Waals surface area contributed by atoms with Gasteiger partial charge in [0.25, 0.3) is 0 Å². The van der Waals surface area contributed by atoms with Crippen LogP contribution in [0.1, 0.15) is 233 Å². The molecule has 3 N–H and O–H groups in total. The summed E-state index contributed by atoms with van der Waals surface area (Å²) in [6, 6.07) is 0. The van der Waals surface area contributed by atoms with Gasteiger partial charge in [-0.3, -0.25) is 9.59 Å². The minimum atomic E-state index is -0.558. The lowest BCUT2D eigenvalue weighted by Crippen LogP contribution is -2.28. The molecule has 0 aliphatic heterocycles. The first-order chi connectivity index (χ1) is 25.0. The Morgan fingerprint density at radius 3 is 1.37 bits per heavy atom. The summed E-state index contributed by atoms with van der Waals surface area (Å²) in [5.41, 5.74) is 5.84. The molecule has 0 radical (unpaired) electrons. The highest BCUT2D eigenvalue weighted by Crippen LogP contribution is 2.30. The summed E-state index contributed by atoms with van der Waals surface area (Å²) >= 11 is 0. The number of carbonyl (C=O) groups excluding carboxylic acids is 1. The number of hydrogen-bond acceptors (Lipinski definition) is 5. The Bertz CT molecular complexity index is 717. The molecule has 0 bridgehead atoms. The first-order valence-electron chi connectivity index (χ1n) is 22.8. The third-order valence-corrected chi connectivity index (χ3v) is 11.0. The van der Waals surface area contributed by atoms with E-state index in [0.717, 1.165) is 103 Å². The van der Waals surface area contributed by atoms with Crippen molar-refractivity contribution in [3.63, 3.8) is 0 Å². The molecule has 0 amide bonds. The molecule has 0 spiro atoms. The van der Waals surface area contributed by atoms with Crippen molar-refractivity contribution in [2.75, 3.05) is 32.8 Å². The van der Waals surface area contributed by atoms with E-state index in [1.165, 1.54) is 128 Å². The first kappa shape index (κ1) is 49.9. The second-order valence-electron chi connectivity index (χ2n) is 15.9. The number of hydrogen-bond donors (Lipinski definition) is 2. The van der Waals surface area contributed by atoms with E-state index >= 15 is 0 Å². The van der Waals surface area contributed by atoms with Crippen LogP contribution in [0.5, 0.6) is 0 Å². The van der Waals surface area contributed by atoms with Crippen LogP contribution in [0.25, 0.3) is 0 Å². The smallest absolute Gasteiger partial charge is 0.306 e. The monoisotopic (exact) mass is 723 g/mol. The summed E-state index contributed by atoms with van der Waals surface area (Å²) in [5.74, 6) is -0.425. The van der Waals surface area contributed by atoms with Crippen LogP contribution in [0.2, 0.25) is 0 Å². The van der Waals surface area contributed by atoms with Crippen molar-refractivity contribution in [2.24, 2.45) is 17.6 Å². The Morgan fingerprint density at radius 2 is 0.902 bits per heavy atom. The minimum absolute atomic E-state index is 0.0316. The topological polar surface area (TPSA) is 92.9 Å². The van der Waals surface area contributed by atoms with Gasteiger partial charge in [0.1, 0.15) is 0 Å². The predicted octanol–water partition coefficient (Wildman–Crippen LogP) is 13.0. The molecule has 0 saturated heterocycles. The number of rotatable bonds is 42. The van der Waals surface area contributed by atoms with Crippen LogP contribution in [0.15, 0.2) is 0 Å². The molecule has 6 nitrogen and oxygen atoms in total. The number of nitrogens with two attached hydrogens (primary N) is 1. The Kier molecular flexibility index (Phi) is 39.2. The van der Waals surface area contributed by atoms with Crippen molar-refractivity contribution < 1.29 is 19.4 Å². The zero-order valence-corrected chi connectivity index (χ0v) is 34.7. The number of carboxylic acid groups (broad SMARTS) is 1. The van der Waals surface area contributed by atoms with Crippen LogP contribution < -0.4 is 5.73 Å². The summed E-state index contributed by atoms with van der Waals surface area (Å²) in [6.07, 6.45) is 38.9. The van der Waals surface area contributed by atoms with E-state index in [2.05, 4.69) is 25.7 Å². The summed E-state index contributed by atoms with van der Waals surface area (Å²) < 4.78 is 5.48. The zero-order valence-electron chi connectivity index (χ0n) is 34.7. The van der Waals surface area contributed by atoms with Crippen molar-refractivity contribution in [1.29, 1.82) is 0 Å². The van der Waals surface area contributed by atoms with E-state index in [4.69, 9.17) is 10.5 Å². The van der Waals surface area contributed by atoms with Crippen LogP contribution >= 0.6 is 0 Å². The van der Waals surface area contributed by atoms with Crippen LogP contribution in [-0.4, -0.2) is 54.7 Å². The van der Waals surface area contributed by atoms with Crippen molar-refractivity contribution >= 4 is 11.9 Å². The van der Waals surface area contributed by atoms with Crippen LogP contribution in [0.3, 0.4) is 0 Å². The summed E-state index contributed by atoms with van der Waals surface area (Å²) in [7, 11) is 0. The number of nitrogens with zero attached hydrogens (tertiary/aromatic N) is 1. The summed E-state index contributed by atoms with van der Waals surface area (Å²) in [6.45, 7) is 11.3. The molecule has 0 fully saturated rings. The molecule has 51 heavy (non-hydrogen) atoms. The molecule has 0 aromatic carbocycles. The molecule has 1 unspecified atom stereocenters.